The summed E-state index contributed by atoms with van der Waals surface area (Å²) in [6.07, 6.45) is -0.862. The summed E-state index contributed by atoms with van der Waals surface area (Å²) in [7, 11) is 0. The maximum absolute atomic E-state index is 14.8. The molecule has 2 aromatic carbocycles. The number of hydrogen-bond acceptors (Lipinski definition) is 5. The molecule has 4 rings (SSSR count). The van der Waals surface area contributed by atoms with Crippen molar-refractivity contribution < 1.29 is 23.1 Å². The third-order valence-corrected chi connectivity index (χ3v) is 7.23. The molecule has 0 unspecified atom stereocenters. The number of nitrogens with one attached hydrogen (secondary N) is 1. The van der Waals surface area contributed by atoms with Gasteiger partial charge in [-0.05, 0) is 61.0 Å². The molecule has 1 saturated heterocycles. The van der Waals surface area contributed by atoms with Crippen LogP contribution < -0.4 is 5.32 Å². The Morgan fingerprint density at radius 2 is 1.89 bits per heavy atom. The minimum absolute atomic E-state index is 0.0440. The van der Waals surface area contributed by atoms with Gasteiger partial charge >= 0.3 is 0 Å². The van der Waals surface area contributed by atoms with E-state index < -0.39 is 35.1 Å². The zero-order valence-electron chi connectivity index (χ0n) is 22.7. The number of benzene rings is 2. The summed E-state index contributed by atoms with van der Waals surface area (Å²) in [5.74, 6) is -0.707. The molecule has 1 fully saturated rings. The van der Waals surface area contributed by atoms with Crippen molar-refractivity contribution in [2.24, 2.45) is 17.3 Å². The van der Waals surface area contributed by atoms with E-state index in [1.165, 1.54) is 6.92 Å². The second-order valence-electron chi connectivity index (χ2n) is 11.4. The highest BCUT2D eigenvalue weighted by atomic mass is 19.1. The Morgan fingerprint density at radius 3 is 2.50 bits per heavy atom. The molecule has 1 aromatic heterocycles. The number of rotatable bonds is 8. The van der Waals surface area contributed by atoms with Crippen molar-refractivity contribution >= 4 is 5.91 Å². The Bertz CT molecular complexity index is 1250. The Balaban J connectivity index is 1.88. The summed E-state index contributed by atoms with van der Waals surface area (Å²) >= 11 is 0. The monoisotopic (exact) mass is 525 g/mol. The Kier molecular flexibility index (Phi) is 8.33. The number of aliphatic hydroxyl groups is 1. The number of nitrogens with zero attached hydrogens (tertiary/aromatic N) is 2. The van der Waals surface area contributed by atoms with E-state index in [9.17, 15) is 18.7 Å². The van der Waals surface area contributed by atoms with Crippen LogP contribution >= 0.6 is 0 Å². The van der Waals surface area contributed by atoms with E-state index in [4.69, 9.17) is 9.40 Å². The van der Waals surface area contributed by atoms with Crippen molar-refractivity contribution in [1.82, 2.24) is 15.2 Å². The molecule has 0 saturated carbocycles. The zero-order valence-corrected chi connectivity index (χ0v) is 22.7. The molecule has 8 heteroatoms. The van der Waals surface area contributed by atoms with Crippen LogP contribution in [0.4, 0.5) is 8.78 Å². The van der Waals surface area contributed by atoms with Crippen molar-refractivity contribution in [2.75, 3.05) is 19.6 Å². The van der Waals surface area contributed by atoms with E-state index in [2.05, 4.69) is 12.2 Å². The molecule has 204 valence electrons. The molecule has 0 radical (unpaired) electrons. The largest absolute Gasteiger partial charge is 0.440 e. The van der Waals surface area contributed by atoms with E-state index in [1.54, 1.807) is 4.90 Å². The second-order valence-corrected chi connectivity index (χ2v) is 11.4. The fourth-order valence-electron chi connectivity index (χ4n) is 5.21. The van der Waals surface area contributed by atoms with E-state index in [1.807, 2.05) is 51.1 Å². The first kappa shape index (κ1) is 27.9. The van der Waals surface area contributed by atoms with Crippen molar-refractivity contribution in [3.05, 3.63) is 77.2 Å². The summed E-state index contributed by atoms with van der Waals surface area (Å²) in [5, 5.41) is 13.8. The molecule has 3 aromatic rings. The second kappa shape index (κ2) is 11.3. The van der Waals surface area contributed by atoms with Gasteiger partial charge in [0.2, 0.25) is 5.89 Å². The number of hydrogen-bond donors (Lipinski definition) is 2. The standard InChI is InChI=1S/C30H37F2N3O3/c1-18-15-33-16-21(18)17-35(29(37)19(2)36)27(30(3,4)5)26-25(13-20-9-7-6-8-10-20)38-28(34-26)23-14-22(31)11-12-24(23)32/h6-12,14,18-19,21,27,33,36H,13,15-17H2,1-5H3/t18-,19-,21-,27-/m0/s1. The number of oxazole rings is 1. The van der Waals surface area contributed by atoms with Gasteiger partial charge in [0.05, 0.1) is 11.6 Å². The van der Waals surface area contributed by atoms with E-state index >= 15 is 0 Å². The average Bonchev–Trinajstić information content (AvgIpc) is 3.45. The fourth-order valence-corrected chi connectivity index (χ4v) is 5.21. The van der Waals surface area contributed by atoms with Gasteiger partial charge in [0.1, 0.15) is 29.2 Å². The highest BCUT2D eigenvalue weighted by Gasteiger charge is 2.42. The predicted molar refractivity (Wildman–Crippen MR) is 142 cm³/mol. The molecule has 1 amide bonds. The molecule has 0 aliphatic carbocycles. The van der Waals surface area contributed by atoms with Crippen molar-refractivity contribution in [3.8, 4) is 11.5 Å². The van der Waals surface area contributed by atoms with Gasteiger partial charge in [0, 0.05) is 13.0 Å². The summed E-state index contributed by atoms with van der Waals surface area (Å²) in [5.41, 5.74) is 0.818. The SMILES string of the molecule is C[C@H](O)C(=O)N(C[C@@H]1CNC[C@@H]1C)[C@@H](c1nc(-c2cc(F)ccc2F)oc1Cc1ccccc1)C(C)(C)C. The normalized spacial score (nSPS) is 19.4. The van der Waals surface area contributed by atoms with Crippen LogP contribution in [0.25, 0.3) is 11.5 Å². The molecule has 0 spiro atoms. The van der Waals surface area contributed by atoms with E-state index in [0.29, 0.717) is 30.3 Å². The first-order valence-electron chi connectivity index (χ1n) is 13.1. The predicted octanol–water partition coefficient (Wildman–Crippen LogP) is 5.36. The molecule has 0 bridgehead atoms. The smallest absolute Gasteiger partial charge is 0.251 e. The lowest BCUT2D eigenvalue weighted by Crippen LogP contribution is -2.48. The number of aliphatic hydroxyl groups excluding tert-OH is 1. The lowest BCUT2D eigenvalue weighted by atomic mass is 9.81. The summed E-state index contributed by atoms with van der Waals surface area (Å²) < 4.78 is 35.1. The molecular weight excluding hydrogens is 488 g/mol. The van der Waals surface area contributed by atoms with Gasteiger partial charge in [-0.15, -0.1) is 0 Å². The molecular formula is C30H37F2N3O3. The molecule has 4 atom stereocenters. The number of carbonyl (C=O) groups is 1. The summed E-state index contributed by atoms with van der Waals surface area (Å²) in [4.78, 5) is 20.0. The maximum atomic E-state index is 14.8. The molecule has 1 aliphatic heterocycles. The Hall–Kier alpha value is -3.10. The van der Waals surface area contributed by atoms with Gasteiger partial charge in [-0.2, -0.15) is 0 Å². The van der Waals surface area contributed by atoms with Gasteiger partial charge in [-0.25, -0.2) is 13.8 Å². The summed E-state index contributed by atoms with van der Waals surface area (Å²) in [6, 6.07) is 12.2. The van der Waals surface area contributed by atoms with Crippen molar-refractivity contribution in [2.45, 2.75) is 53.2 Å². The minimum Gasteiger partial charge on any atom is -0.440 e. The molecule has 2 N–H and O–H groups in total. The van der Waals surface area contributed by atoms with Gasteiger partial charge in [-0.3, -0.25) is 4.79 Å². The number of carbonyl (C=O) groups excluding carboxylic acids is 1. The van der Waals surface area contributed by atoms with Crippen LogP contribution in [-0.4, -0.2) is 46.6 Å². The van der Waals surface area contributed by atoms with E-state index in [-0.39, 0.29) is 17.4 Å². The Morgan fingerprint density at radius 1 is 1.18 bits per heavy atom. The third kappa shape index (κ3) is 6.13. The van der Waals surface area contributed by atoms with Gasteiger partial charge < -0.3 is 19.7 Å². The van der Waals surface area contributed by atoms with Crippen LogP contribution in [0.5, 0.6) is 0 Å². The van der Waals surface area contributed by atoms with Crippen LogP contribution in [0.3, 0.4) is 0 Å². The molecule has 38 heavy (non-hydrogen) atoms. The number of amides is 1. The zero-order chi connectivity index (χ0) is 27.6. The molecule has 1 aliphatic rings. The van der Waals surface area contributed by atoms with Crippen LogP contribution in [0.1, 0.15) is 57.7 Å². The maximum Gasteiger partial charge on any atom is 0.251 e. The first-order valence-corrected chi connectivity index (χ1v) is 13.1. The lowest BCUT2D eigenvalue weighted by molar-refractivity contribution is -0.145. The number of halogens is 2. The average molecular weight is 526 g/mol. The highest BCUT2D eigenvalue weighted by Crippen LogP contribution is 2.42. The third-order valence-electron chi connectivity index (χ3n) is 7.23. The first-order chi connectivity index (χ1) is 18.0. The van der Waals surface area contributed by atoms with Gasteiger partial charge in [0.15, 0.2) is 0 Å². The summed E-state index contributed by atoms with van der Waals surface area (Å²) in [6.45, 7) is 11.6. The lowest BCUT2D eigenvalue weighted by Gasteiger charge is -2.41. The van der Waals surface area contributed by atoms with Crippen LogP contribution in [0.15, 0.2) is 52.9 Å². The molecule has 2 heterocycles. The highest BCUT2D eigenvalue weighted by molar-refractivity contribution is 5.81. The van der Waals surface area contributed by atoms with Gasteiger partial charge in [-0.1, -0.05) is 58.0 Å². The van der Waals surface area contributed by atoms with E-state index in [0.717, 1.165) is 36.9 Å². The van der Waals surface area contributed by atoms with Crippen molar-refractivity contribution in [1.29, 1.82) is 0 Å². The van der Waals surface area contributed by atoms with Crippen molar-refractivity contribution in [3.63, 3.8) is 0 Å². The van der Waals surface area contributed by atoms with Crippen LogP contribution in [0.2, 0.25) is 0 Å². The number of aromatic nitrogens is 1. The topological polar surface area (TPSA) is 78.6 Å². The molecule has 6 nitrogen and oxygen atoms in total. The quantitative estimate of drug-likeness (QED) is 0.414. The van der Waals surface area contributed by atoms with Crippen LogP contribution in [0, 0.1) is 28.9 Å². The minimum atomic E-state index is -1.21. The fraction of sp³-hybridized carbons (Fsp3) is 0.467. The van der Waals surface area contributed by atoms with Gasteiger partial charge in [0.25, 0.3) is 5.91 Å². The Labute approximate surface area is 223 Å². The van der Waals surface area contributed by atoms with Crippen LogP contribution in [-0.2, 0) is 11.2 Å².